The minimum Gasteiger partial charge on any atom is -0.497 e. The van der Waals surface area contributed by atoms with Gasteiger partial charge in [0.25, 0.3) is 0 Å². The second-order valence-electron chi connectivity index (χ2n) is 7.80. The molecule has 0 saturated carbocycles. The highest BCUT2D eigenvalue weighted by Crippen LogP contribution is 2.46. The Morgan fingerprint density at radius 2 is 1.71 bits per heavy atom. The normalized spacial score (nSPS) is 18.7. The lowest BCUT2D eigenvalue weighted by atomic mass is 9.75. The summed E-state index contributed by atoms with van der Waals surface area (Å²) in [7, 11) is 2.93. The van der Waals surface area contributed by atoms with Crippen LogP contribution in [0.15, 0.2) is 71.2 Å². The van der Waals surface area contributed by atoms with Crippen molar-refractivity contribution in [3.63, 3.8) is 0 Å². The van der Waals surface area contributed by atoms with Gasteiger partial charge < -0.3 is 15.2 Å². The molecule has 1 atom stereocenters. The van der Waals surface area contributed by atoms with E-state index in [0.29, 0.717) is 30.0 Å². The summed E-state index contributed by atoms with van der Waals surface area (Å²) in [4.78, 5) is 28.0. The summed E-state index contributed by atoms with van der Waals surface area (Å²) in [6.45, 7) is 2.01. The first-order chi connectivity index (χ1) is 15.0. The third-order valence-electron chi connectivity index (χ3n) is 5.94. The van der Waals surface area contributed by atoms with Crippen LogP contribution in [0.3, 0.4) is 0 Å². The number of rotatable bonds is 4. The van der Waals surface area contributed by atoms with Crippen molar-refractivity contribution in [1.82, 2.24) is 0 Å². The van der Waals surface area contributed by atoms with Gasteiger partial charge in [0.2, 0.25) is 0 Å². The standard InChI is InChI=1S/C25H26N2O4/c1-15-7-11-17(12-8-15)27-19-5-4-6-20(28)22(19)21(23(24(27)26)25(29)31-3)16-9-13-18(30-2)14-10-16/h7-14,21H,4-6,26H2,1-3H3/t21-/m1/s1. The number of hydrogen-bond acceptors (Lipinski definition) is 6. The number of ether oxygens (including phenoxy) is 2. The molecule has 31 heavy (non-hydrogen) atoms. The maximum Gasteiger partial charge on any atom is 0.338 e. The molecule has 160 valence electrons. The van der Waals surface area contributed by atoms with E-state index in [2.05, 4.69) is 0 Å². The molecular weight excluding hydrogens is 392 g/mol. The number of nitrogens with zero attached hydrogens (tertiary/aromatic N) is 1. The molecule has 1 aliphatic carbocycles. The number of methoxy groups -OCH3 is 2. The number of nitrogens with two attached hydrogens (primary N) is 1. The van der Waals surface area contributed by atoms with Gasteiger partial charge in [-0.05, 0) is 49.6 Å². The van der Waals surface area contributed by atoms with Gasteiger partial charge in [-0.1, -0.05) is 29.8 Å². The van der Waals surface area contributed by atoms with Crippen LogP contribution in [0.1, 0.15) is 36.3 Å². The maximum absolute atomic E-state index is 13.2. The number of benzene rings is 2. The number of esters is 1. The van der Waals surface area contributed by atoms with Crippen LogP contribution in [0.2, 0.25) is 0 Å². The minimum atomic E-state index is -0.581. The van der Waals surface area contributed by atoms with Crippen LogP contribution in [0.4, 0.5) is 5.69 Å². The topological polar surface area (TPSA) is 81.9 Å². The van der Waals surface area contributed by atoms with E-state index in [-0.39, 0.29) is 11.4 Å². The van der Waals surface area contributed by atoms with Crippen molar-refractivity contribution in [3.05, 3.63) is 82.3 Å². The minimum absolute atomic E-state index is 0.0353. The summed E-state index contributed by atoms with van der Waals surface area (Å²) in [6, 6.07) is 15.3. The molecule has 6 nitrogen and oxygen atoms in total. The molecule has 0 spiro atoms. The van der Waals surface area contributed by atoms with Crippen molar-refractivity contribution < 1.29 is 19.1 Å². The molecule has 0 unspecified atom stereocenters. The van der Waals surface area contributed by atoms with Crippen LogP contribution in [0, 0.1) is 6.92 Å². The van der Waals surface area contributed by atoms with E-state index in [4.69, 9.17) is 15.2 Å². The monoisotopic (exact) mass is 418 g/mol. The summed E-state index contributed by atoms with van der Waals surface area (Å²) in [5.74, 6) is -0.0946. The van der Waals surface area contributed by atoms with Gasteiger partial charge in [-0.2, -0.15) is 0 Å². The van der Waals surface area contributed by atoms with E-state index < -0.39 is 11.9 Å². The third-order valence-corrected chi connectivity index (χ3v) is 5.94. The zero-order valence-corrected chi connectivity index (χ0v) is 18.0. The molecule has 4 rings (SSSR count). The zero-order chi connectivity index (χ0) is 22.1. The van der Waals surface area contributed by atoms with E-state index in [1.807, 2.05) is 60.4 Å². The lowest BCUT2D eigenvalue weighted by molar-refractivity contribution is -0.136. The average molecular weight is 418 g/mol. The number of aryl methyl sites for hydroxylation is 1. The maximum atomic E-state index is 13.2. The van der Waals surface area contributed by atoms with Crippen molar-refractivity contribution in [2.24, 2.45) is 5.73 Å². The van der Waals surface area contributed by atoms with Crippen LogP contribution < -0.4 is 15.4 Å². The zero-order valence-electron chi connectivity index (χ0n) is 18.0. The molecule has 2 N–H and O–H groups in total. The number of carbonyl (C=O) groups is 2. The van der Waals surface area contributed by atoms with Crippen LogP contribution in [0.5, 0.6) is 5.75 Å². The SMILES string of the molecule is COC(=O)C1=C(N)N(c2ccc(C)cc2)C2=C(C(=O)CCC2)[C@H]1c1ccc(OC)cc1. The molecule has 0 bridgehead atoms. The predicted molar refractivity (Wildman–Crippen MR) is 119 cm³/mol. The first-order valence-corrected chi connectivity index (χ1v) is 10.3. The molecule has 0 amide bonds. The highest BCUT2D eigenvalue weighted by molar-refractivity contribution is 6.05. The first kappa shape index (κ1) is 20.7. The van der Waals surface area contributed by atoms with E-state index in [1.165, 1.54) is 7.11 Å². The Morgan fingerprint density at radius 3 is 2.32 bits per heavy atom. The van der Waals surface area contributed by atoms with Gasteiger partial charge >= 0.3 is 5.97 Å². The lowest BCUT2D eigenvalue weighted by Crippen LogP contribution is -2.40. The summed E-state index contributed by atoms with van der Waals surface area (Å²) in [5, 5.41) is 0. The summed E-state index contributed by atoms with van der Waals surface area (Å²) >= 11 is 0. The number of anilines is 1. The molecule has 0 radical (unpaired) electrons. The second-order valence-corrected chi connectivity index (χ2v) is 7.80. The molecular formula is C25H26N2O4. The van der Waals surface area contributed by atoms with Crippen molar-refractivity contribution >= 4 is 17.4 Å². The Morgan fingerprint density at radius 1 is 1.03 bits per heavy atom. The number of carbonyl (C=O) groups excluding carboxylic acids is 2. The highest BCUT2D eigenvalue weighted by Gasteiger charge is 2.42. The van der Waals surface area contributed by atoms with Gasteiger partial charge in [0.05, 0.1) is 25.7 Å². The fourth-order valence-electron chi connectivity index (χ4n) is 4.42. The molecule has 6 heteroatoms. The molecule has 2 aromatic carbocycles. The van der Waals surface area contributed by atoms with Crippen LogP contribution >= 0.6 is 0 Å². The lowest BCUT2D eigenvalue weighted by Gasteiger charge is -2.40. The molecule has 2 aromatic rings. The highest BCUT2D eigenvalue weighted by atomic mass is 16.5. The van der Waals surface area contributed by atoms with Crippen molar-refractivity contribution in [3.8, 4) is 5.75 Å². The smallest absolute Gasteiger partial charge is 0.338 e. The number of allylic oxidation sites excluding steroid dienone is 2. The molecule has 0 saturated heterocycles. The molecule has 1 aliphatic heterocycles. The van der Waals surface area contributed by atoms with Gasteiger partial charge in [-0.3, -0.25) is 9.69 Å². The Bertz CT molecular complexity index is 1080. The predicted octanol–water partition coefficient (Wildman–Crippen LogP) is 3.96. The van der Waals surface area contributed by atoms with Crippen molar-refractivity contribution in [2.75, 3.05) is 19.1 Å². The number of hydrogen-bond donors (Lipinski definition) is 1. The fraction of sp³-hybridized carbons (Fsp3) is 0.280. The Hall–Kier alpha value is -3.54. The van der Waals surface area contributed by atoms with Crippen molar-refractivity contribution in [2.45, 2.75) is 32.1 Å². The van der Waals surface area contributed by atoms with Crippen LogP contribution in [0.25, 0.3) is 0 Å². The van der Waals surface area contributed by atoms with Gasteiger partial charge in [-0.25, -0.2) is 4.79 Å². The van der Waals surface area contributed by atoms with Crippen LogP contribution in [-0.4, -0.2) is 26.0 Å². The van der Waals surface area contributed by atoms with E-state index >= 15 is 0 Å². The van der Waals surface area contributed by atoms with Gasteiger partial charge in [0, 0.05) is 23.4 Å². The fourth-order valence-corrected chi connectivity index (χ4v) is 4.42. The average Bonchev–Trinajstić information content (AvgIpc) is 2.79. The van der Waals surface area contributed by atoms with E-state index in [9.17, 15) is 9.59 Å². The van der Waals surface area contributed by atoms with Gasteiger partial charge in [-0.15, -0.1) is 0 Å². The van der Waals surface area contributed by atoms with Gasteiger partial charge in [0.1, 0.15) is 11.6 Å². The number of ketones is 1. The molecule has 1 heterocycles. The molecule has 2 aliphatic rings. The second kappa shape index (κ2) is 8.30. The van der Waals surface area contributed by atoms with E-state index in [0.717, 1.165) is 28.9 Å². The Balaban J connectivity index is 1.96. The third kappa shape index (κ3) is 3.58. The molecule has 0 fully saturated rings. The Kier molecular flexibility index (Phi) is 5.55. The Labute approximate surface area is 181 Å². The molecule has 0 aromatic heterocycles. The van der Waals surface area contributed by atoms with E-state index in [1.54, 1.807) is 7.11 Å². The van der Waals surface area contributed by atoms with Gasteiger partial charge in [0.15, 0.2) is 5.78 Å². The first-order valence-electron chi connectivity index (χ1n) is 10.3. The summed E-state index contributed by atoms with van der Waals surface area (Å²) in [5.41, 5.74) is 11.1. The quantitative estimate of drug-likeness (QED) is 0.757. The van der Waals surface area contributed by atoms with Crippen LogP contribution in [-0.2, 0) is 14.3 Å². The number of Topliss-reactive ketones (excluding diaryl/α,β-unsaturated/α-hetero) is 1. The van der Waals surface area contributed by atoms with Crippen molar-refractivity contribution in [1.29, 1.82) is 0 Å². The summed E-state index contributed by atoms with van der Waals surface area (Å²) < 4.78 is 10.4. The summed E-state index contributed by atoms with van der Waals surface area (Å²) in [6.07, 6.45) is 1.90. The largest absolute Gasteiger partial charge is 0.497 e.